The van der Waals surface area contributed by atoms with Crippen LogP contribution >= 0.6 is 27.5 Å². The van der Waals surface area contributed by atoms with Gasteiger partial charge < -0.3 is 10.5 Å². The molecule has 1 aromatic rings. The maximum Gasteiger partial charge on any atom is 0.573 e. The van der Waals surface area contributed by atoms with Gasteiger partial charge >= 0.3 is 6.36 Å². The van der Waals surface area contributed by atoms with Crippen LogP contribution in [-0.2, 0) is 5.33 Å². The van der Waals surface area contributed by atoms with Crippen molar-refractivity contribution in [2.75, 3.05) is 5.73 Å². The van der Waals surface area contributed by atoms with Crippen molar-refractivity contribution in [3.05, 3.63) is 22.7 Å². The van der Waals surface area contributed by atoms with Gasteiger partial charge in [-0.2, -0.15) is 0 Å². The van der Waals surface area contributed by atoms with E-state index in [4.69, 9.17) is 17.3 Å². The lowest BCUT2D eigenvalue weighted by atomic mass is 10.2. The smallest absolute Gasteiger partial charge is 0.405 e. The number of hydrogen-bond donors (Lipinski definition) is 1. The Labute approximate surface area is 97.3 Å². The summed E-state index contributed by atoms with van der Waals surface area (Å²) in [5, 5.41) is 0.323. The van der Waals surface area contributed by atoms with Gasteiger partial charge in [-0.15, -0.1) is 13.2 Å². The number of halogens is 5. The van der Waals surface area contributed by atoms with Crippen LogP contribution in [0.1, 0.15) is 5.56 Å². The minimum absolute atomic E-state index is 0.0790. The first-order valence-electron chi connectivity index (χ1n) is 3.73. The van der Waals surface area contributed by atoms with Crippen LogP contribution in [0.2, 0.25) is 5.02 Å². The fourth-order valence-electron chi connectivity index (χ4n) is 0.974. The lowest BCUT2D eigenvalue weighted by molar-refractivity contribution is -0.274. The first-order valence-corrected chi connectivity index (χ1v) is 5.23. The van der Waals surface area contributed by atoms with Gasteiger partial charge in [-0.3, -0.25) is 0 Å². The normalized spacial score (nSPS) is 11.5. The molecule has 7 heteroatoms. The van der Waals surface area contributed by atoms with Gasteiger partial charge in [0.15, 0.2) is 0 Å². The molecule has 0 atom stereocenters. The molecule has 2 nitrogen and oxygen atoms in total. The van der Waals surface area contributed by atoms with Crippen LogP contribution in [0.5, 0.6) is 5.75 Å². The third kappa shape index (κ3) is 3.17. The molecular formula is C8H6BrClF3NO. The van der Waals surface area contributed by atoms with Crippen LogP contribution in [0.4, 0.5) is 18.9 Å². The molecule has 0 fully saturated rings. The minimum atomic E-state index is -4.74. The molecule has 0 amide bonds. The number of alkyl halides is 4. The second kappa shape index (κ2) is 4.49. The van der Waals surface area contributed by atoms with Crippen molar-refractivity contribution in [3.8, 4) is 5.75 Å². The first kappa shape index (κ1) is 12.4. The zero-order chi connectivity index (χ0) is 11.6. The predicted octanol–water partition coefficient (Wildman–Crippen LogP) is 3.72. The summed E-state index contributed by atoms with van der Waals surface area (Å²) in [7, 11) is 0. The molecule has 0 radical (unpaired) electrons. The van der Waals surface area contributed by atoms with Crippen molar-refractivity contribution >= 4 is 33.2 Å². The molecule has 0 aliphatic rings. The van der Waals surface area contributed by atoms with Crippen LogP contribution in [0.15, 0.2) is 12.1 Å². The van der Waals surface area contributed by atoms with Crippen molar-refractivity contribution < 1.29 is 17.9 Å². The lowest BCUT2D eigenvalue weighted by Gasteiger charge is -2.14. The SMILES string of the molecule is Nc1c(Cl)ccc(OC(F)(F)F)c1CBr. The van der Waals surface area contributed by atoms with Crippen LogP contribution in [0, 0.1) is 0 Å². The summed E-state index contributed by atoms with van der Waals surface area (Å²) in [6.07, 6.45) is -4.74. The van der Waals surface area contributed by atoms with E-state index in [0.29, 0.717) is 0 Å². The highest BCUT2D eigenvalue weighted by Crippen LogP contribution is 2.35. The molecule has 2 N–H and O–H groups in total. The van der Waals surface area contributed by atoms with Gasteiger partial charge in [-0.25, -0.2) is 0 Å². The fraction of sp³-hybridized carbons (Fsp3) is 0.250. The quantitative estimate of drug-likeness (QED) is 0.667. The van der Waals surface area contributed by atoms with E-state index in [1.165, 1.54) is 6.07 Å². The topological polar surface area (TPSA) is 35.2 Å². The third-order valence-corrected chi connectivity index (χ3v) is 2.51. The summed E-state index contributed by atoms with van der Waals surface area (Å²) in [5.41, 5.74) is 5.76. The summed E-state index contributed by atoms with van der Waals surface area (Å²) in [4.78, 5) is 0. The van der Waals surface area contributed by atoms with Gasteiger partial charge in [-0.1, -0.05) is 27.5 Å². The number of nitrogen functional groups attached to an aromatic ring is 1. The van der Waals surface area contributed by atoms with E-state index in [1.54, 1.807) is 0 Å². The van der Waals surface area contributed by atoms with E-state index in [0.717, 1.165) is 6.07 Å². The molecule has 0 saturated heterocycles. The first-order chi connectivity index (χ1) is 6.85. The van der Waals surface area contributed by atoms with Gasteiger partial charge in [0.25, 0.3) is 0 Å². The second-order valence-electron chi connectivity index (χ2n) is 2.62. The number of rotatable bonds is 2. The Balaban J connectivity index is 3.14. The molecule has 84 valence electrons. The van der Waals surface area contributed by atoms with E-state index >= 15 is 0 Å². The van der Waals surface area contributed by atoms with Gasteiger partial charge in [-0.05, 0) is 12.1 Å². The average molecular weight is 304 g/mol. The Hall–Kier alpha value is -0.620. The number of anilines is 1. The van der Waals surface area contributed by atoms with Crippen LogP contribution in [-0.4, -0.2) is 6.36 Å². The molecule has 0 heterocycles. The Kier molecular flexibility index (Phi) is 3.72. The fourth-order valence-corrected chi connectivity index (χ4v) is 1.73. The minimum Gasteiger partial charge on any atom is -0.405 e. The molecule has 1 rings (SSSR count). The largest absolute Gasteiger partial charge is 0.573 e. The van der Waals surface area contributed by atoms with Gasteiger partial charge in [0.05, 0.1) is 10.7 Å². The summed E-state index contributed by atoms with van der Waals surface area (Å²) >= 11 is 8.67. The molecule has 0 saturated carbocycles. The maximum atomic E-state index is 12.0. The number of nitrogens with two attached hydrogens (primary N) is 1. The Bertz CT molecular complexity index is 370. The number of benzene rings is 1. The molecular weight excluding hydrogens is 298 g/mol. The standard InChI is InChI=1S/C8H6BrClF3NO/c9-3-4-6(15-8(11,12)13)2-1-5(10)7(4)14/h1-2H,3,14H2. The van der Waals surface area contributed by atoms with Crippen molar-refractivity contribution in [1.82, 2.24) is 0 Å². The zero-order valence-corrected chi connectivity index (χ0v) is 9.58. The highest BCUT2D eigenvalue weighted by molar-refractivity contribution is 9.08. The van der Waals surface area contributed by atoms with Crippen molar-refractivity contribution in [2.45, 2.75) is 11.7 Å². The van der Waals surface area contributed by atoms with Crippen molar-refractivity contribution in [2.24, 2.45) is 0 Å². The van der Waals surface area contributed by atoms with Crippen LogP contribution in [0.25, 0.3) is 0 Å². The summed E-state index contributed by atoms with van der Waals surface area (Å²) in [5.74, 6) is -0.346. The van der Waals surface area contributed by atoms with Gasteiger partial charge in [0, 0.05) is 10.9 Å². The second-order valence-corrected chi connectivity index (χ2v) is 3.59. The molecule has 1 aromatic carbocycles. The molecule has 0 aliphatic heterocycles. The van der Waals surface area contributed by atoms with E-state index in [9.17, 15) is 13.2 Å². The van der Waals surface area contributed by atoms with Gasteiger partial charge in [0.1, 0.15) is 5.75 Å². The lowest BCUT2D eigenvalue weighted by Crippen LogP contribution is -2.18. The molecule has 0 spiro atoms. The van der Waals surface area contributed by atoms with Gasteiger partial charge in [0.2, 0.25) is 0 Å². The summed E-state index contributed by atoms with van der Waals surface area (Å²) < 4.78 is 39.7. The predicted molar refractivity (Wildman–Crippen MR) is 55.2 cm³/mol. The Morgan fingerprint density at radius 2 is 2.00 bits per heavy atom. The van der Waals surface area contributed by atoms with Crippen molar-refractivity contribution in [1.29, 1.82) is 0 Å². The Morgan fingerprint density at radius 3 is 2.47 bits per heavy atom. The van der Waals surface area contributed by atoms with E-state index in [-0.39, 0.29) is 27.4 Å². The summed E-state index contributed by atoms with van der Waals surface area (Å²) in [6.45, 7) is 0. The summed E-state index contributed by atoms with van der Waals surface area (Å²) in [6, 6.07) is 2.38. The van der Waals surface area contributed by atoms with Crippen LogP contribution in [0.3, 0.4) is 0 Å². The molecule has 15 heavy (non-hydrogen) atoms. The number of hydrogen-bond acceptors (Lipinski definition) is 2. The molecule has 0 aliphatic carbocycles. The van der Waals surface area contributed by atoms with E-state index in [1.807, 2.05) is 0 Å². The van der Waals surface area contributed by atoms with E-state index in [2.05, 4.69) is 20.7 Å². The van der Waals surface area contributed by atoms with E-state index < -0.39 is 6.36 Å². The highest BCUT2D eigenvalue weighted by Gasteiger charge is 2.32. The molecule has 0 aromatic heterocycles. The average Bonchev–Trinajstić information content (AvgIpc) is 2.10. The van der Waals surface area contributed by atoms with Crippen molar-refractivity contribution in [3.63, 3.8) is 0 Å². The Morgan fingerprint density at radius 1 is 1.40 bits per heavy atom. The third-order valence-electron chi connectivity index (χ3n) is 1.62. The monoisotopic (exact) mass is 303 g/mol. The molecule has 0 bridgehead atoms. The zero-order valence-electron chi connectivity index (χ0n) is 7.24. The number of ether oxygens (including phenoxy) is 1. The molecule has 0 unspecified atom stereocenters. The highest BCUT2D eigenvalue weighted by atomic mass is 79.9. The maximum absolute atomic E-state index is 12.0. The van der Waals surface area contributed by atoms with Crippen LogP contribution < -0.4 is 10.5 Å².